The lowest BCUT2D eigenvalue weighted by atomic mass is 10.2. The number of nitrogens with two attached hydrogens (primary N) is 1. The number of thiophene rings is 1. The van der Waals surface area contributed by atoms with E-state index in [0.717, 1.165) is 34.3 Å². The molecule has 152 valence electrons. The normalized spacial score (nSPS) is 11.4. The fraction of sp³-hybridized carbons (Fsp3) is 0.211. The molecule has 2 aromatic heterocycles. The number of hydrogen-bond acceptors (Lipinski definition) is 8. The lowest BCUT2D eigenvalue weighted by Crippen LogP contribution is -2.32. The van der Waals surface area contributed by atoms with Gasteiger partial charge in [0.05, 0.1) is 11.9 Å². The quantitative estimate of drug-likeness (QED) is 0.436. The van der Waals surface area contributed by atoms with Crippen LogP contribution in [0.3, 0.4) is 0 Å². The van der Waals surface area contributed by atoms with Gasteiger partial charge in [0.15, 0.2) is 5.16 Å². The van der Waals surface area contributed by atoms with E-state index in [0.29, 0.717) is 6.54 Å². The Bertz CT molecular complexity index is 1120. The third-order valence-corrected chi connectivity index (χ3v) is 8.08. The van der Waals surface area contributed by atoms with Crippen LogP contribution in [0.5, 0.6) is 0 Å². The molecule has 0 aliphatic heterocycles. The van der Waals surface area contributed by atoms with Crippen LogP contribution in [0, 0.1) is 6.92 Å². The maximum absolute atomic E-state index is 12.6. The minimum absolute atomic E-state index is 0.0967. The van der Waals surface area contributed by atoms with Gasteiger partial charge in [-0.1, -0.05) is 30.0 Å². The Morgan fingerprint density at radius 1 is 1.28 bits per heavy atom. The lowest BCUT2D eigenvalue weighted by molar-refractivity contribution is -0.116. The molecule has 7 nitrogen and oxygen atoms in total. The molecule has 2 heterocycles. The van der Waals surface area contributed by atoms with Crippen LogP contribution in [-0.2, 0) is 14.6 Å². The Kier molecular flexibility index (Phi) is 6.56. The van der Waals surface area contributed by atoms with Gasteiger partial charge in [0.2, 0.25) is 15.7 Å². The minimum Gasteiger partial charge on any atom is -0.382 e. The standard InChI is InChI=1S/C19H20N4O3S3/c1-3-23(14-7-4-6-13(2)10-14)16(24)12-28-19-21-11-15(18(20)22-19)29(25,26)17-8-5-9-27-17/h4-11H,3,12H2,1-2H3,(H2,20,21,22). The number of aromatic nitrogens is 2. The molecule has 0 unspecified atom stereocenters. The van der Waals surface area contributed by atoms with Crippen LogP contribution in [0.2, 0.25) is 0 Å². The predicted molar refractivity (Wildman–Crippen MR) is 116 cm³/mol. The number of nitrogen functional groups attached to an aromatic ring is 1. The second kappa shape index (κ2) is 8.93. The molecule has 0 aliphatic rings. The first-order valence-corrected chi connectivity index (χ1v) is 12.1. The molecule has 0 saturated carbocycles. The van der Waals surface area contributed by atoms with Gasteiger partial charge in [-0.05, 0) is 43.0 Å². The van der Waals surface area contributed by atoms with Gasteiger partial charge >= 0.3 is 0 Å². The number of carbonyl (C=O) groups excluding carboxylic acids is 1. The number of hydrogen-bond donors (Lipinski definition) is 1. The van der Waals surface area contributed by atoms with Gasteiger partial charge in [-0.3, -0.25) is 4.79 Å². The van der Waals surface area contributed by atoms with Gasteiger partial charge in [0.1, 0.15) is 14.9 Å². The van der Waals surface area contributed by atoms with Crippen molar-refractivity contribution >= 4 is 50.3 Å². The molecule has 0 aliphatic carbocycles. The van der Waals surface area contributed by atoms with Crippen LogP contribution >= 0.6 is 23.1 Å². The molecule has 10 heteroatoms. The summed E-state index contributed by atoms with van der Waals surface area (Å²) >= 11 is 2.22. The smallest absolute Gasteiger partial charge is 0.237 e. The lowest BCUT2D eigenvalue weighted by Gasteiger charge is -2.21. The molecule has 0 fully saturated rings. The first kappa shape index (κ1) is 21.3. The molecule has 0 bridgehead atoms. The van der Waals surface area contributed by atoms with Crippen molar-refractivity contribution in [1.82, 2.24) is 9.97 Å². The number of aryl methyl sites for hydroxylation is 1. The Hall–Kier alpha value is -2.43. The Labute approximate surface area is 177 Å². The van der Waals surface area contributed by atoms with E-state index in [1.165, 1.54) is 12.3 Å². The van der Waals surface area contributed by atoms with E-state index in [4.69, 9.17) is 5.73 Å². The molecule has 0 saturated heterocycles. The first-order valence-electron chi connectivity index (χ1n) is 8.74. The fourth-order valence-corrected chi connectivity index (χ4v) is 5.75. The summed E-state index contributed by atoms with van der Waals surface area (Å²) in [4.78, 5) is 22.4. The highest BCUT2D eigenvalue weighted by atomic mass is 32.2. The number of thioether (sulfide) groups is 1. The third-order valence-electron chi connectivity index (χ3n) is 4.07. The molecule has 3 aromatic rings. The Morgan fingerprint density at radius 2 is 2.07 bits per heavy atom. The SMILES string of the molecule is CCN(C(=O)CSc1ncc(S(=O)(=O)c2cccs2)c(N)n1)c1cccc(C)c1. The monoisotopic (exact) mass is 448 g/mol. The van der Waals surface area contributed by atoms with Gasteiger partial charge in [0.25, 0.3) is 0 Å². The summed E-state index contributed by atoms with van der Waals surface area (Å²) in [6.45, 7) is 4.41. The summed E-state index contributed by atoms with van der Waals surface area (Å²) < 4.78 is 25.4. The van der Waals surface area contributed by atoms with E-state index in [2.05, 4.69) is 9.97 Å². The van der Waals surface area contributed by atoms with Gasteiger partial charge < -0.3 is 10.6 Å². The molecule has 29 heavy (non-hydrogen) atoms. The summed E-state index contributed by atoms with van der Waals surface area (Å²) in [5.41, 5.74) is 7.78. The van der Waals surface area contributed by atoms with Crippen LogP contribution in [-0.4, -0.2) is 36.6 Å². The van der Waals surface area contributed by atoms with E-state index < -0.39 is 9.84 Å². The molecular weight excluding hydrogens is 428 g/mol. The fourth-order valence-electron chi connectivity index (χ4n) is 2.67. The van der Waals surface area contributed by atoms with E-state index in [-0.39, 0.29) is 31.7 Å². The second-order valence-electron chi connectivity index (χ2n) is 6.10. The van der Waals surface area contributed by atoms with Gasteiger partial charge in [-0.2, -0.15) is 0 Å². The van der Waals surface area contributed by atoms with E-state index in [1.54, 1.807) is 16.3 Å². The topological polar surface area (TPSA) is 106 Å². The van der Waals surface area contributed by atoms with E-state index in [9.17, 15) is 13.2 Å². The van der Waals surface area contributed by atoms with Crippen molar-refractivity contribution in [2.45, 2.75) is 28.1 Å². The Morgan fingerprint density at radius 3 is 2.69 bits per heavy atom. The number of sulfone groups is 1. The van der Waals surface area contributed by atoms with Gasteiger partial charge in [0, 0.05) is 12.2 Å². The van der Waals surface area contributed by atoms with Crippen LogP contribution in [0.25, 0.3) is 0 Å². The number of nitrogens with zero attached hydrogens (tertiary/aromatic N) is 3. The highest BCUT2D eigenvalue weighted by Crippen LogP contribution is 2.28. The summed E-state index contributed by atoms with van der Waals surface area (Å²) in [5.74, 6) is -0.118. The number of anilines is 2. The van der Waals surface area contributed by atoms with E-state index in [1.807, 2.05) is 38.1 Å². The Balaban J connectivity index is 1.73. The number of rotatable bonds is 7. The third kappa shape index (κ3) is 4.77. The molecule has 1 amide bonds. The summed E-state index contributed by atoms with van der Waals surface area (Å²) in [6, 6.07) is 10.9. The first-order chi connectivity index (χ1) is 13.8. The maximum Gasteiger partial charge on any atom is 0.237 e. The summed E-state index contributed by atoms with van der Waals surface area (Å²) in [5, 5.41) is 1.93. The molecule has 1 aromatic carbocycles. The van der Waals surface area contributed by atoms with Crippen molar-refractivity contribution in [1.29, 1.82) is 0 Å². The largest absolute Gasteiger partial charge is 0.382 e. The van der Waals surface area contributed by atoms with Crippen LogP contribution in [0.1, 0.15) is 12.5 Å². The van der Waals surface area contributed by atoms with Crippen LogP contribution in [0.4, 0.5) is 11.5 Å². The average Bonchev–Trinajstić information content (AvgIpc) is 3.22. The highest BCUT2D eigenvalue weighted by Gasteiger charge is 2.24. The summed E-state index contributed by atoms with van der Waals surface area (Å²) in [6.07, 6.45) is 1.20. The van der Waals surface area contributed by atoms with Crippen molar-refractivity contribution in [2.75, 3.05) is 22.9 Å². The predicted octanol–water partition coefficient (Wildman–Crippen LogP) is 3.41. The molecular formula is C19H20N4O3S3. The zero-order chi connectivity index (χ0) is 21.0. The van der Waals surface area contributed by atoms with Crippen LogP contribution in [0.15, 0.2) is 62.2 Å². The number of carbonyl (C=O) groups is 1. The molecule has 0 atom stereocenters. The van der Waals surface area contributed by atoms with E-state index >= 15 is 0 Å². The molecule has 3 rings (SSSR count). The summed E-state index contributed by atoms with van der Waals surface area (Å²) in [7, 11) is -3.75. The number of benzene rings is 1. The van der Waals surface area contributed by atoms with Crippen molar-refractivity contribution in [3.05, 3.63) is 53.5 Å². The van der Waals surface area contributed by atoms with Gasteiger partial charge in [-0.15, -0.1) is 11.3 Å². The second-order valence-corrected chi connectivity index (χ2v) is 10.1. The van der Waals surface area contributed by atoms with Crippen molar-refractivity contribution in [3.63, 3.8) is 0 Å². The number of amides is 1. The zero-order valence-electron chi connectivity index (χ0n) is 15.9. The average molecular weight is 449 g/mol. The van der Waals surface area contributed by atoms with Crippen molar-refractivity contribution in [3.8, 4) is 0 Å². The highest BCUT2D eigenvalue weighted by molar-refractivity contribution is 7.99. The minimum atomic E-state index is -3.75. The van der Waals surface area contributed by atoms with Crippen molar-refractivity contribution in [2.24, 2.45) is 0 Å². The molecule has 0 radical (unpaired) electrons. The zero-order valence-corrected chi connectivity index (χ0v) is 18.4. The van der Waals surface area contributed by atoms with Gasteiger partial charge in [-0.25, -0.2) is 18.4 Å². The van der Waals surface area contributed by atoms with Crippen LogP contribution < -0.4 is 10.6 Å². The molecule has 2 N–H and O–H groups in total. The maximum atomic E-state index is 12.6. The van der Waals surface area contributed by atoms with Crippen molar-refractivity contribution < 1.29 is 13.2 Å². The molecule has 0 spiro atoms.